The second-order valence-corrected chi connectivity index (χ2v) is 5.52. The maximum atomic E-state index is 12.2. The zero-order chi connectivity index (χ0) is 13.9. The molecule has 1 fully saturated rings. The van der Waals surface area contributed by atoms with E-state index in [1.165, 1.54) is 6.20 Å². The van der Waals surface area contributed by atoms with Crippen LogP contribution in [0, 0.1) is 5.41 Å². The molecular formula is C12H17N3O3S. The molecule has 0 radical (unpaired) electrons. The van der Waals surface area contributed by atoms with Gasteiger partial charge in [-0.1, -0.05) is 13.3 Å². The van der Waals surface area contributed by atoms with Crippen molar-refractivity contribution in [3.8, 4) is 0 Å². The third kappa shape index (κ3) is 2.75. The molecule has 6 nitrogen and oxygen atoms in total. The summed E-state index contributed by atoms with van der Waals surface area (Å²) >= 11 is 0.985. The summed E-state index contributed by atoms with van der Waals surface area (Å²) in [7, 11) is 0. The molecule has 1 aromatic rings. The number of aromatic nitrogens is 2. The van der Waals surface area contributed by atoms with Gasteiger partial charge in [0.25, 0.3) is 5.91 Å². The topological polar surface area (TPSA) is 83.4 Å². The predicted octanol–water partition coefficient (Wildman–Crippen LogP) is 1.65. The van der Waals surface area contributed by atoms with E-state index in [1.807, 2.05) is 6.92 Å². The molecule has 0 bridgehead atoms. The quantitative estimate of drug-likeness (QED) is 0.908. The van der Waals surface area contributed by atoms with E-state index in [2.05, 4.69) is 8.75 Å². The van der Waals surface area contributed by atoms with Gasteiger partial charge in [0.2, 0.25) is 0 Å². The minimum absolute atomic E-state index is 0.213. The molecule has 1 aromatic heterocycles. The highest BCUT2D eigenvalue weighted by atomic mass is 32.1. The van der Waals surface area contributed by atoms with E-state index in [4.69, 9.17) is 0 Å². The molecule has 19 heavy (non-hydrogen) atoms. The average Bonchev–Trinajstić information content (AvgIpc) is 2.92. The van der Waals surface area contributed by atoms with Gasteiger partial charge in [-0.2, -0.15) is 8.75 Å². The van der Waals surface area contributed by atoms with Crippen molar-refractivity contribution in [3.05, 3.63) is 11.9 Å². The summed E-state index contributed by atoms with van der Waals surface area (Å²) in [6.07, 6.45) is 4.18. The Morgan fingerprint density at radius 3 is 2.95 bits per heavy atom. The van der Waals surface area contributed by atoms with Gasteiger partial charge in [-0.3, -0.25) is 9.59 Å². The van der Waals surface area contributed by atoms with Crippen LogP contribution in [0.15, 0.2) is 6.20 Å². The maximum absolute atomic E-state index is 12.2. The number of likely N-dealkylation sites (tertiary alicyclic amines) is 1. The lowest BCUT2D eigenvalue weighted by Gasteiger charge is -2.39. The Morgan fingerprint density at radius 2 is 2.37 bits per heavy atom. The van der Waals surface area contributed by atoms with Crippen LogP contribution in [0.4, 0.5) is 0 Å². The number of carbonyl (C=O) groups is 2. The van der Waals surface area contributed by atoms with Crippen molar-refractivity contribution in [2.75, 3.05) is 13.1 Å². The van der Waals surface area contributed by atoms with Crippen LogP contribution in [0.1, 0.15) is 43.1 Å². The van der Waals surface area contributed by atoms with Crippen LogP contribution in [0.2, 0.25) is 0 Å². The Kier molecular flexibility index (Phi) is 4.14. The number of carboxylic acid groups (broad SMARTS) is 1. The Hall–Kier alpha value is -1.50. The van der Waals surface area contributed by atoms with Crippen LogP contribution in [0.5, 0.6) is 0 Å². The molecule has 0 aromatic carbocycles. The molecule has 0 spiro atoms. The van der Waals surface area contributed by atoms with Gasteiger partial charge in [0, 0.05) is 13.1 Å². The van der Waals surface area contributed by atoms with Gasteiger partial charge in [-0.05, 0) is 19.3 Å². The molecule has 1 atom stereocenters. The molecule has 1 aliphatic rings. The third-order valence-corrected chi connectivity index (χ3v) is 4.10. The van der Waals surface area contributed by atoms with E-state index in [1.54, 1.807) is 4.90 Å². The first-order valence-electron chi connectivity index (χ1n) is 6.39. The first-order valence-corrected chi connectivity index (χ1v) is 7.12. The number of hydrogen-bond acceptors (Lipinski definition) is 5. The van der Waals surface area contributed by atoms with Crippen molar-refractivity contribution in [3.63, 3.8) is 0 Å². The van der Waals surface area contributed by atoms with Gasteiger partial charge >= 0.3 is 5.97 Å². The van der Waals surface area contributed by atoms with Crippen LogP contribution in [-0.4, -0.2) is 43.7 Å². The van der Waals surface area contributed by atoms with Crippen LogP contribution < -0.4 is 0 Å². The SMILES string of the molecule is CCCC1(C(=O)O)CCCN(C(=O)c2cnsn2)C1. The minimum atomic E-state index is -0.803. The van der Waals surface area contributed by atoms with Crippen molar-refractivity contribution in [2.24, 2.45) is 5.41 Å². The van der Waals surface area contributed by atoms with Crippen LogP contribution >= 0.6 is 11.7 Å². The number of piperidine rings is 1. The van der Waals surface area contributed by atoms with E-state index < -0.39 is 11.4 Å². The largest absolute Gasteiger partial charge is 0.481 e. The molecule has 1 saturated heterocycles. The van der Waals surface area contributed by atoms with Crippen molar-refractivity contribution in [1.29, 1.82) is 0 Å². The van der Waals surface area contributed by atoms with E-state index in [0.717, 1.165) is 24.6 Å². The number of nitrogens with zero attached hydrogens (tertiary/aromatic N) is 3. The van der Waals surface area contributed by atoms with Gasteiger partial charge in [0.05, 0.1) is 23.3 Å². The molecule has 1 amide bonds. The molecule has 0 aliphatic carbocycles. The average molecular weight is 283 g/mol. The summed E-state index contributed by atoms with van der Waals surface area (Å²) in [6.45, 7) is 2.83. The number of amides is 1. The number of aliphatic carboxylic acids is 1. The fourth-order valence-corrected chi connectivity index (χ4v) is 3.10. The third-order valence-electron chi connectivity index (χ3n) is 3.63. The highest BCUT2D eigenvalue weighted by Crippen LogP contribution is 2.35. The van der Waals surface area contributed by atoms with Gasteiger partial charge < -0.3 is 10.0 Å². The summed E-state index contributed by atoms with van der Waals surface area (Å²) in [6, 6.07) is 0. The Morgan fingerprint density at radius 1 is 1.58 bits per heavy atom. The fourth-order valence-electron chi connectivity index (χ4n) is 2.69. The van der Waals surface area contributed by atoms with Crippen molar-refractivity contribution >= 4 is 23.6 Å². The summed E-state index contributed by atoms with van der Waals surface area (Å²) < 4.78 is 7.73. The fraction of sp³-hybridized carbons (Fsp3) is 0.667. The Bertz CT molecular complexity index is 459. The van der Waals surface area contributed by atoms with Crippen LogP contribution in [0.3, 0.4) is 0 Å². The van der Waals surface area contributed by atoms with E-state index in [-0.39, 0.29) is 12.5 Å². The molecule has 2 rings (SSSR count). The smallest absolute Gasteiger partial charge is 0.311 e. The molecule has 1 aliphatic heterocycles. The zero-order valence-corrected chi connectivity index (χ0v) is 11.7. The van der Waals surface area contributed by atoms with Crippen molar-refractivity contribution < 1.29 is 14.7 Å². The molecular weight excluding hydrogens is 266 g/mol. The highest BCUT2D eigenvalue weighted by molar-refractivity contribution is 6.99. The lowest BCUT2D eigenvalue weighted by atomic mass is 9.76. The number of rotatable bonds is 4. The second kappa shape index (κ2) is 5.64. The number of carboxylic acids is 1. The van der Waals surface area contributed by atoms with Gasteiger partial charge in [-0.25, -0.2) is 0 Å². The lowest BCUT2D eigenvalue weighted by Crippen LogP contribution is -2.50. The highest BCUT2D eigenvalue weighted by Gasteiger charge is 2.43. The minimum Gasteiger partial charge on any atom is -0.481 e. The van der Waals surface area contributed by atoms with Crippen LogP contribution in [-0.2, 0) is 4.79 Å². The summed E-state index contributed by atoms with van der Waals surface area (Å²) in [5, 5.41) is 9.49. The second-order valence-electron chi connectivity index (χ2n) is 4.96. The molecule has 0 saturated carbocycles. The number of hydrogen-bond donors (Lipinski definition) is 1. The van der Waals surface area contributed by atoms with Gasteiger partial charge in [0.15, 0.2) is 5.69 Å². The standard InChI is InChI=1S/C12H17N3O3S/c1-2-4-12(11(17)18)5-3-6-15(8-12)10(16)9-7-13-19-14-9/h7H,2-6,8H2,1H3,(H,17,18). The van der Waals surface area contributed by atoms with Crippen LogP contribution in [0.25, 0.3) is 0 Å². The maximum Gasteiger partial charge on any atom is 0.311 e. The number of carbonyl (C=O) groups excluding carboxylic acids is 1. The molecule has 104 valence electrons. The van der Waals surface area contributed by atoms with Crippen molar-refractivity contribution in [2.45, 2.75) is 32.6 Å². The first kappa shape index (κ1) is 13.9. The molecule has 7 heteroatoms. The van der Waals surface area contributed by atoms with E-state index >= 15 is 0 Å². The zero-order valence-electron chi connectivity index (χ0n) is 10.8. The Labute approximate surface area is 115 Å². The first-order chi connectivity index (χ1) is 9.09. The molecule has 1 unspecified atom stereocenters. The van der Waals surface area contributed by atoms with Gasteiger partial charge in [-0.15, -0.1) is 0 Å². The monoisotopic (exact) mass is 283 g/mol. The summed E-state index contributed by atoms with van der Waals surface area (Å²) in [4.78, 5) is 25.4. The normalized spacial score (nSPS) is 23.3. The summed E-state index contributed by atoms with van der Waals surface area (Å²) in [5.41, 5.74) is -0.491. The van der Waals surface area contributed by atoms with Gasteiger partial charge in [0.1, 0.15) is 0 Å². The van der Waals surface area contributed by atoms with Crippen molar-refractivity contribution in [1.82, 2.24) is 13.6 Å². The summed E-state index contributed by atoms with van der Waals surface area (Å²) in [5.74, 6) is -1.02. The molecule has 1 N–H and O–H groups in total. The Balaban J connectivity index is 2.16. The predicted molar refractivity (Wildman–Crippen MR) is 70.0 cm³/mol. The van der Waals surface area contributed by atoms with E-state index in [0.29, 0.717) is 25.1 Å². The van der Waals surface area contributed by atoms with E-state index in [9.17, 15) is 14.7 Å². The lowest BCUT2D eigenvalue weighted by molar-refractivity contribution is -0.152. The molecule has 2 heterocycles.